The average Bonchev–Trinajstić information content (AvgIpc) is 1.63. The van der Waals surface area contributed by atoms with Gasteiger partial charge in [0.15, 0.2) is 0 Å². The van der Waals surface area contributed by atoms with Gasteiger partial charge in [-0.25, -0.2) is 4.79 Å². The summed E-state index contributed by atoms with van der Waals surface area (Å²) in [7, 11) is 0. The molecule has 0 saturated carbocycles. The van der Waals surface area contributed by atoms with E-state index < -0.39 is 5.97 Å². The standard InChI is InChI=1S/C4H6O2.C3H6O.Li.H/c1-3(2)4(5)6;1-3(2)4;;/h1H2,2H3,(H,5,6);1-2H3;;. The van der Waals surface area contributed by atoms with E-state index in [1.54, 1.807) is 0 Å². The second kappa shape index (κ2) is 9.48. The van der Waals surface area contributed by atoms with Gasteiger partial charge in [-0.15, -0.1) is 0 Å². The van der Waals surface area contributed by atoms with Gasteiger partial charge in [-0.2, -0.15) is 0 Å². The quantitative estimate of drug-likeness (QED) is 0.442. The molecule has 0 fully saturated rings. The first-order chi connectivity index (χ1) is 4.37. The number of carbonyl (C=O) groups excluding carboxylic acids is 1. The van der Waals surface area contributed by atoms with E-state index in [1.165, 1.54) is 20.8 Å². The van der Waals surface area contributed by atoms with Crippen LogP contribution in [0.25, 0.3) is 0 Å². The third-order valence-electron chi connectivity index (χ3n) is 0.365. The van der Waals surface area contributed by atoms with Gasteiger partial charge in [0, 0.05) is 5.57 Å². The molecule has 0 aromatic carbocycles. The van der Waals surface area contributed by atoms with Gasteiger partial charge in [0.2, 0.25) is 0 Å². The Labute approximate surface area is 78.7 Å². The minimum atomic E-state index is -0.935. The van der Waals surface area contributed by atoms with Crippen LogP contribution in [0.15, 0.2) is 12.2 Å². The summed E-state index contributed by atoms with van der Waals surface area (Å²) in [6.45, 7) is 7.66. The predicted octanol–water partition coefficient (Wildman–Crippen LogP) is 0.594. The van der Waals surface area contributed by atoms with Crippen LogP contribution in [0.3, 0.4) is 0 Å². The second-order valence-corrected chi connectivity index (χ2v) is 1.99. The normalized spacial score (nSPS) is 6.45. The number of ketones is 1. The summed E-state index contributed by atoms with van der Waals surface area (Å²) < 4.78 is 0. The molecule has 0 atom stereocenters. The molecule has 1 N–H and O–H groups in total. The summed E-state index contributed by atoms with van der Waals surface area (Å²) in [5.41, 5.74) is 0.176. The van der Waals surface area contributed by atoms with Crippen LogP contribution < -0.4 is 0 Å². The first-order valence-electron chi connectivity index (χ1n) is 2.74. The Morgan fingerprint density at radius 1 is 1.18 bits per heavy atom. The van der Waals surface area contributed by atoms with Crippen LogP contribution in [0.1, 0.15) is 20.8 Å². The molecule has 4 heteroatoms. The van der Waals surface area contributed by atoms with Gasteiger partial charge in [-0.3, -0.25) is 0 Å². The summed E-state index contributed by atoms with van der Waals surface area (Å²) in [6.07, 6.45) is 0. The van der Waals surface area contributed by atoms with E-state index in [9.17, 15) is 9.59 Å². The fraction of sp³-hybridized carbons (Fsp3) is 0.429. The Bertz CT molecular complexity index is 136. The van der Waals surface area contributed by atoms with Gasteiger partial charge in [0.05, 0.1) is 0 Å². The number of carboxylic acids is 1. The first-order valence-corrected chi connectivity index (χ1v) is 2.74. The van der Waals surface area contributed by atoms with E-state index in [1.807, 2.05) is 0 Å². The van der Waals surface area contributed by atoms with E-state index in [0.29, 0.717) is 0 Å². The van der Waals surface area contributed by atoms with E-state index >= 15 is 0 Å². The van der Waals surface area contributed by atoms with Crippen LogP contribution in [0.2, 0.25) is 0 Å². The molecule has 0 aliphatic rings. The zero-order valence-electron chi connectivity index (χ0n) is 6.47. The van der Waals surface area contributed by atoms with E-state index in [-0.39, 0.29) is 30.2 Å². The summed E-state index contributed by atoms with van der Waals surface area (Å²) in [5.74, 6) is -0.769. The maximum absolute atomic E-state index is 9.60. The van der Waals surface area contributed by atoms with Crippen molar-refractivity contribution in [3.05, 3.63) is 12.2 Å². The Morgan fingerprint density at radius 3 is 1.27 bits per heavy atom. The molecule has 0 aliphatic heterocycles. The first kappa shape index (κ1) is 16.8. The van der Waals surface area contributed by atoms with E-state index in [4.69, 9.17) is 5.11 Å². The fourth-order valence-electron chi connectivity index (χ4n) is 0. The van der Waals surface area contributed by atoms with Crippen LogP contribution in [0, 0.1) is 0 Å². The van der Waals surface area contributed by atoms with Crippen LogP contribution in [0.4, 0.5) is 0 Å². The van der Waals surface area contributed by atoms with E-state index in [2.05, 4.69) is 6.58 Å². The molecule has 0 amide bonds. The van der Waals surface area contributed by atoms with Crippen molar-refractivity contribution in [2.45, 2.75) is 20.8 Å². The molecule has 0 aliphatic carbocycles. The molecule has 11 heavy (non-hydrogen) atoms. The van der Waals surface area contributed by atoms with Gasteiger partial charge >= 0.3 is 24.8 Å². The summed E-state index contributed by atoms with van der Waals surface area (Å²) in [4.78, 5) is 19.0. The molecule has 0 unspecified atom stereocenters. The molecular weight excluding hydrogens is 139 g/mol. The predicted molar refractivity (Wildman–Crippen MR) is 46.0 cm³/mol. The van der Waals surface area contributed by atoms with Crippen molar-refractivity contribution in [3.8, 4) is 0 Å². The van der Waals surface area contributed by atoms with Crippen molar-refractivity contribution in [1.82, 2.24) is 0 Å². The number of aliphatic carboxylic acids is 1. The van der Waals surface area contributed by atoms with Crippen molar-refractivity contribution in [1.29, 1.82) is 0 Å². The number of carbonyl (C=O) groups is 2. The Morgan fingerprint density at radius 2 is 1.27 bits per heavy atom. The Kier molecular flexibility index (Phi) is 14.5. The topological polar surface area (TPSA) is 54.4 Å². The zero-order valence-corrected chi connectivity index (χ0v) is 6.47. The zero-order chi connectivity index (χ0) is 8.73. The molecule has 0 radical (unpaired) electrons. The molecule has 3 nitrogen and oxygen atoms in total. The minimum absolute atomic E-state index is 0. The number of carboxylic acid groups (broad SMARTS) is 1. The van der Waals surface area contributed by atoms with Crippen LogP contribution in [-0.4, -0.2) is 35.7 Å². The van der Waals surface area contributed by atoms with Gasteiger partial charge < -0.3 is 9.90 Å². The summed E-state index contributed by atoms with van der Waals surface area (Å²) >= 11 is 0. The van der Waals surface area contributed by atoms with Crippen LogP contribution in [-0.2, 0) is 9.59 Å². The average molecular weight is 152 g/mol. The fourth-order valence-corrected chi connectivity index (χ4v) is 0. The third-order valence-corrected chi connectivity index (χ3v) is 0.365. The number of rotatable bonds is 1. The molecule has 0 bridgehead atoms. The van der Waals surface area contributed by atoms with Crippen molar-refractivity contribution in [2.75, 3.05) is 0 Å². The number of Topliss-reactive ketones (excluding diaryl/α,β-unsaturated/α-hetero) is 1. The Balaban J connectivity index is -0.000000114. The van der Waals surface area contributed by atoms with Crippen LogP contribution in [0.5, 0.6) is 0 Å². The van der Waals surface area contributed by atoms with Crippen molar-refractivity contribution in [3.63, 3.8) is 0 Å². The van der Waals surface area contributed by atoms with E-state index in [0.717, 1.165) is 0 Å². The number of hydrogen-bond donors (Lipinski definition) is 1. The third kappa shape index (κ3) is 43.8. The number of hydrogen-bond acceptors (Lipinski definition) is 2. The van der Waals surface area contributed by atoms with Crippen molar-refractivity contribution >= 4 is 30.6 Å². The van der Waals surface area contributed by atoms with Crippen molar-refractivity contribution in [2.24, 2.45) is 0 Å². The SMILES string of the molecule is C=C(C)C(=O)O.CC(C)=O.[LiH]. The van der Waals surface area contributed by atoms with Crippen molar-refractivity contribution < 1.29 is 14.7 Å². The molecule has 0 saturated heterocycles. The monoisotopic (exact) mass is 152 g/mol. The molecular formula is C7H13LiO3. The van der Waals surface area contributed by atoms with Crippen LogP contribution >= 0.6 is 0 Å². The summed E-state index contributed by atoms with van der Waals surface area (Å²) in [5, 5.41) is 7.89. The van der Waals surface area contributed by atoms with Gasteiger partial charge in [0.25, 0.3) is 0 Å². The molecule has 0 aromatic rings. The maximum atomic E-state index is 9.60. The summed E-state index contributed by atoms with van der Waals surface area (Å²) in [6, 6.07) is 0. The van der Waals surface area contributed by atoms with Gasteiger partial charge in [-0.05, 0) is 20.8 Å². The van der Waals surface area contributed by atoms with Gasteiger partial charge in [0.1, 0.15) is 5.78 Å². The molecule has 0 rings (SSSR count). The molecule has 0 spiro atoms. The molecule has 0 heterocycles. The second-order valence-electron chi connectivity index (χ2n) is 1.99. The molecule has 60 valence electrons. The Hall–Kier alpha value is -0.523. The molecule has 0 aromatic heterocycles. The van der Waals surface area contributed by atoms with Gasteiger partial charge in [-0.1, -0.05) is 6.58 Å².